The number of anilines is 2. The second-order valence-corrected chi connectivity index (χ2v) is 8.94. The average Bonchev–Trinajstić information content (AvgIpc) is 2.75. The summed E-state index contributed by atoms with van der Waals surface area (Å²) in [6.07, 6.45) is 3.97. The summed E-state index contributed by atoms with van der Waals surface area (Å²) in [4.78, 5) is 12.5. The third-order valence-corrected chi connectivity index (χ3v) is 6.10. The van der Waals surface area contributed by atoms with E-state index >= 15 is 0 Å². The van der Waals surface area contributed by atoms with Crippen LogP contribution in [0, 0.1) is 0 Å². The number of rotatable bonds is 10. The number of nitrogens with zero attached hydrogens (tertiary/aromatic N) is 3. The lowest BCUT2D eigenvalue weighted by Crippen LogP contribution is -2.16. The molecule has 8 nitrogen and oxygen atoms in total. The van der Waals surface area contributed by atoms with Gasteiger partial charge in [0.1, 0.15) is 16.8 Å². The minimum atomic E-state index is -3.99. The van der Waals surface area contributed by atoms with E-state index in [0.29, 0.717) is 28.6 Å². The van der Waals surface area contributed by atoms with Crippen LogP contribution in [0.2, 0.25) is 10.2 Å². The van der Waals surface area contributed by atoms with Crippen LogP contribution < -0.4 is 10.0 Å². The van der Waals surface area contributed by atoms with E-state index in [1.54, 1.807) is 24.3 Å². The SMILES string of the molecule is O=S(=O)(Nc1ccc(Cl)c(-c2cccnc2Cl)n1)c1cccc(NCCCCCO)n1. The van der Waals surface area contributed by atoms with Crippen LogP contribution in [0.15, 0.2) is 53.7 Å². The summed E-state index contributed by atoms with van der Waals surface area (Å²) in [6.45, 7) is 0.781. The molecule has 3 aromatic heterocycles. The minimum Gasteiger partial charge on any atom is -0.396 e. The van der Waals surface area contributed by atoms with Gasteiger partial charge in [-0.1, -0.05) is 29.3 Å². The van der Waals surface area contributed by atoms with E-state index in [1.807, 2.05) is 0 Å². The molecule has 3 N–H and O–H groups in total. The molecule has 0 atom stereocenters. The van der Waals surface area contributed by atoms with Crippen molar-refractivity contribution in [1.29, 1.82) is 0 Å². The molecule has 0 unspecified atom stereocenters. The van der Waals surface area contributed by atoms with Crippen molar-refractivity contribution in [3.63, 3.8) is 0 Å². The predicted molar refractivity (Wildman–Crippen MR) is 122 cm³/mol. The maximum atomic E-state index is 12.8. The van der Waals surface area contributed by atoms with Crippen molar-refractivity contribution in [2.24, 2.45) is 0 Å². The molecule has 0 aliphatic rings. The Balaban J connectivity index is 1.77. The van der Waals surface area contributed by atoms with Crippen LogP contribution in [0.1, 0.15) is 19.3 Å². The maximum absolute atomic E-state index is 12.8. The molecule has 0 saturated heterocycles. The van der Waals surface area contributed by atoms with Gasteiger partial charge in [0.15, 0.2) is 5.03 Å². The zero-order valence-corrected chi connectivity index (χ0v) is 18.8. The highest BCUT2D eigenvalue weighted by molar-refractivity contribution is 7.92. The fourth-order valence-corrected chi connectivity index (χ4v) is 4.12. The lowest BCUT2D eigenvalue weighted by molar-refractivity contribution is 0.283. The van der Waals surface area contributed by atoms with Gasteiger partial charge in [0.25, 0.3) is 10.0 Å². The van der Waals surface area contributed by atoms with Crippen LogP contribution in [-0.4, -0.2) is 41.6 Å². The number of aromatic nitrogens is 3. The van der Waals surface area contributed by atoms with Crippen molar-refractivity contribution in [3.8, 4) is 11.3 Å². The molecule has 3 heterocycles. The van der Waals surface area contributed by atoms with Gasteiger partial charge in [-0.3, -0.25) is 4.72 Å². The molecule has 0 bridgehead atoms. The van der Waals surface area contributed by atoms with Crippen molar-refractivity contribution in [2.75, 3.05) is 23.2 Å². The molecule has 3 aromatic rings. The number of aliphatic hydroxyl groups is 1. The highest BCUT2D eigenvalue weighted by atomic mass is 35.5. The van der Waals surface area contributed by atoms with E-state index in [4.69, 9.17) is 28.3 Å². The zero-order chi connectivity index (χ0) is 22.3. The van der Waals surface area contributed by atoms with E-state index < -0.39 is 10.0 Å². The topological polar surface area (TPSA) is 117 Å². The van der Waals surface area contributed by atoms with Crippen molar-refractivity contribution in [2.45, 2.75) is 24.3 Å². The Morgan fingerprint density at radius 3 is 2.55 bits per heavy atom. The molecule has 0 fully saturated rings. The molecule has 0 aliphatic carbocycles. The molecule has 0 aliphatic heterocycles. The van der Waals surface area contributed by atoms with Crippen molar-refractivity contribution in [3.05, 3.63) is 58.8 Å². The van der Waals surface area contributed by atoms with Crippen LogP contribution in [0.3, 0.4) is 0 Å². The third kappa shape index (κ3) is 6.27. The Morgan fingerprint density at radius 1 is 0.935 bits per heavy atom. The highest BCUT2D eigenvalue weighted by Crippen LogP contribution is 2.31. The number of unbranched alkanes of at least 4 members (excludes halogenated alkanes) is 2. The first-order valence-corrected chi connectivity index (χ1v) is 11.8. The number of aliphatic hydroxyl groups excluding tert-OH is 1. The van der Waals surface area contributed by atoms with Gasteiger partial charge in [0.05, 0.1) is 10.7 Å². The van der Waals surface area contributed by atoms with Crippen molar-refractivity contribution < 1.29 is 13.5 Å². The van der Waals surface area contributed by atoms with Crippen molar-refractivity contribution in [1.82, 2.24) is 15.0 Å². The fraction of sp³-hybridized carbons (Fsp3) is 0.250. The fourth-order valence-electron chi connectivity index (χ4n) is 2.73. The number of nitrogens with one attached hydrogen (secondary N) is 2. The van der Waals surface area contributed by atoms with Gasteiger partial charge >= 0.3 is 0 Å². The van der Waals surface area contributed by atoms with Crippen LogP contribution in [0.4, 0.5) is 11.6 Å². The molecule has 0 spiro atoms. The number of hydrogen-bond acceptors (Lipinski definition) is 7. The van der Waals surface area contributed by atoms with E-state index in [9.17, 15) is 8.42 Å². The molecular weight excluding hydrogens is 461 g/mol. The summed E-state index contributed by atoms with van der Waals surface area (Å²) in [5.41, 5.74) is 0.798. The second-order valence-electron chi connectivity index (χ2n) is 6.55. The van der Waals surface area contributed by atoms with E-state index in [-0.39, 0.29) is 22.6 Å². The molecule has 0 radical (unpaired) electrons. The first kappa shape index (κ1) is 23.2. The molecule has 0 aromatic carbocycles. The van der Waals surface area contributed by atoms with Crippen LogP contribution in [-0.2, 0) is 10.0 Å². The predicted octanol–water partition coefficient (Wildman–Crippen LogP) is 4.22. The van der Waals surface area contributed by atoms with Gasteiger partial charge in [-0.25, -0.2) is 15.0 Å². The molecule has 3 rings (SSSR count). The largest absolute Gasteiger partial charge is 0.396 e. The summed E-state index contributed by atoms with van der Waals surface area (Å²) < 4.78 is 28.1. The molecule has 0 saturated carbocycles. The Bertz CT molecular complexity index is 1150. The third-order valence-electron chi connectivity index (χ3n) is 4.24. The molecular formula is C20H21Cl2N5O3S. The number of sulfonamides is 1. The maximum Gasteiger partial charge on any atom is 0.280 e. The van der Waals surface area contributed by atoms with Gasteiger partial charge in [-0.15, -0.1) is 0 Å². The van der Waals surface area contributed by atoms with E-state index in [0.717, 1.165) is 19.3 Å². The minimum absolute atomic E-state index is 0.0727. The lowest BCUT2D eigenvalue weighted by atomic mass is 10.2. The molecule has 31 heavy (non-hydrogen) atoms. The van der Waals surface area contributed by atoms with Crippen LogP contribution >= 0.6 is 23.2 Å². The molecule has 0 amide bonds. The van der Waals surface area contributed by atoms with E-state index in [2.05, 4.69) is 25.0 Å². The summed E-state index contributed by atoms with van der Waals surface area (Å²) in [6, 6.07) is 11.1. The summed E-state index contributed by atoms with van der Waals surface area (Å²) in [7, 11) is -3.99. The smallest absolute Gasteiger partial charge is 0.280 e. The summed E-state index contributed by atoms with van der Waals surface area (Å²) in [5.74, 6) is 0.516. The Kier molecular flexibility index (Phi) is 8.03. The highest BCUT2D eigenvalue weighted by Gasteiger charge is 2.19. The Labute approximate surface area is 190 Å². The first-order valence-electron chi connectivity index (χ1n) is 9.53. The lowest BCUT2D eigenvalue weighted by Gasteiger charge is -2.11. The quantitative estimate of drug-likeness (QED) is 0.293. The Hall–Kier alpha value is -2.46. The molecule has 164 valence electrons. The van der Waals surface area contributed by atoms with Crippen LogP contribution in [0.5, 0.6) is 0 Å². The second kappa shape index (κ2) is 10.7. The number of halogens is 2. The molecule has 11 heteroatoms. The number of hydrogen-bond donors (Lipinski definition) is 3. The van der Waals surface area contributed by atoms with Gasteiger partial charge in [-0.05, 0) is 55.7 Å². The standard InChI is InChI=1S/C20H21Cl2N5O3S/c21-15-9-10-17(26-19(15)14-6-5-12-24-20(14)22)27-31(29,30)18-8-4-7-16(25-18)23-11-2-1-3-13-28/h4-10,12,28H,1-3,11,13H2,(H,23,25)(H,26,27). The van der Waals surface area contributed by atoms with Crippen molar-refractivity contribution >= 4 is 44.9 Å². The van der Waals surface area contributed by atoms with Gasteiger partial charge in [-0.2, -0.15) is 8.42 Å². The zero-order valence-electron chi connectivity index (χ0n) is 16.4. The summed E-state index contributed by atoms with van der Waals surface area (Å²) >= 11 is 12.4. The Morgan fingerprint density at radius 2 is 1.77 bits per heavy atom. The van der Waals surface area contributed by atoms with E-state index in [1.165, 1.54) is 24.4 Å². The average molecular weight is 482 g/mol. The van der Waals surface area contributed by atoms with Gasteiger partial charge in [0.2, 0.25) is 0 Å². The number of pyridine rings is 3. The monoisotopic (exact) mass is 481 g/mol. The van der Waals surface area contributed by atoms with Crippen LogP contribution in [0.25, 0.3) is 11.3 Å². The van der Waals surface area contributed by atoms with Gasteiger partial charge < -0.3 is 10.4 Å². The normalized spacial score (nSPS) is 11.3. The first-order chi connectivity index (χ1) is 14.9. The van der Waals surface area contributed by atoms with Gasteiger partial charge in [0, 0.05) is 24.9 Å². The summed E-state index contributed by atoms with van der Waals surface area (Å²) in [5, 5.41) is 12.3.